The number of aromatic nitrogens is 2. The maximum absolute atomic E-state index is 11.9. The van der Waals surface area contributed by atoms with E-state index in [-0.39, 0.29) is 17.5 Å². The molecule has 0 aromatic carbocycles. The van der Waals surface area contributed by atoms with Gasteiger partial charge in [-0.2, -0.15) is 0 Å². The van der Waals surface area contributed by atoms with Gasteiger partial charge in [0.15, 0.2) is 0 Å². The number of rotatable bonds is 1. The lowest BCUT2D eigenvalue weighted by Crippen LogP contribution is -2.42. The van der Waals surface area contributed by atoms with Crippen LogP contribution in [-0.4, -0.2) is 38.7 Å². The fraction of sp³-hybridized carbons (Fsp3) is 0.692. The summed E-state index contributed by atoms with van der Waals surface area (Å²) >= 11 is 0. The van der Waals surface area contributed by atoms with Crippen LogP contribution in [0.15, 0.2) is 9.59 Å². The summed E-state index contributed by atoms with van der Waals surface area (Å²) in [7, 11) is 0. The lowest BCUT2D eigenvalue weighted by molar-refractivity contribution is 0.147. The Bertz CT molecular complexity index is 604. The van der Waals surface area contributed by atoms with E-state index in [1.54, 1.807) is 0 Å². The highest BCUT2D eigenvalue weighted by Crippen LogP contribution is 2.33. The van der Waals surface area contributed by atoms with Gasteiger partial charge in [0.2, 0.25) is 5.88 Å². The van der Waals surface area contributed by atoms with Gasteiger partial charge in [0, 0.05) is 18.6 Å². The number of H-pyrrole nitrogens is 1. The van der Waals surface area contributed by atoms with Crippen LogP contribution in [0.5, 0.6) is 5.88 Å². The van der Waals surface area contributed by atoms with Gasteiger partial charge in [-0.3, -0.25) is 14.3 Å². The average molecular weight is 265 g/mol. The fourth-order valence-electron chi connectivity index (χ4n) is 3.41. The molecule has 2 aliphatic heterocycles. The molecular formula is C13H19N3O3. The van der Waals surface area contributed by atoms with Crippen LogP contribution in [0.1, 0.15) is 37.3 Å². The predicted molar refractivity (Wildman–Crippen MR) is 70.6 cm³/mol. The molecule has 3 heterocycles. The first-order valence-corrected chi connectivity index (χ1v) is 6.86. The standard InChI is InChI=1S/C13H19N3O3/c1-8-11(17)14-13(19)16(12(8)18)10-4-6-15-5-2-3-9(15)7-10/h9-10,18H,2-7H2,1H3,(H,14,17,19). The molecule has 19 heavy (non-hydrogen) atoms. The maximum Gasteiger partial charge on any atom is 0.331 e. The van der Waals surface area contributed by atoms with E-state index in [0.29, 0.717) is 6.04 Å². The zero-order valence-electron chi connectivity index (χ0n) is 11.1. The molecule has 2 unspecified atom stereocenters. The number of hydrogen-bond donors (Lipinski definition) is 2. The second-order valence-electron chi connectivity index (χ2n) is 5.59. The Balaban J connectivity index is 1.97. The Morgan fingerprint density at radius 3 is 2.79 bits per heavy atom. The van der Waals surface area contributed by atoms with E-state index >= 15 is 0 Å². The van der Waals surface area contributed by atoms with Crippen LogP contribution in [0, 0.1) is 6.92 Å². The van der Waals surface area contributed by atoms with Crippen molar-refractivity contribution in [1.82, 2.24) is 14.5 Å². The van der Waals surface area contributed by atoms with Crippen molar-refractivity contribution < 1.29 is 5.11 Å². The molecule has 0 amide bonds. The molecule has 2 fully saturated rings. The molecule has 2 saturated heterocycles. The minimum absolute atomic E-state index is 0.0117. The third-order valence-corrected chi connectivity index (χ3v) is 4.50. The van der Waals surface area contributed by atoms with Gasteiger partial charge >= 0.3 is 5.69 Å². The predicted octanol–water partition coefficient (Wildman–Crippen LogP) is 0.350. The Hall–Kier alpha value is -1.56. The SMILES string of the molecule is Cc1c(O)n(C2CCN3CCCC3C2)c(=O)[nH]c1=O. The summed E-state index contributed by atoms with van der Waals surface area (Å²) in [5, 5.41) is 10.1. The van der Waals surface area contributed by atoms with Crippen molar-refractivity contribution >= 4 is 0 Å². The van der Waals surface area contributed by atoms with Gasteiger partial charge in [0.1, 0.15) is 0 Å². The molecule has 0 radical (unpaired) electrons. The van der Waals surface area contributed by atoms with E-state index < -0.39 is 11.2 Å². The molecule has 2 atom stereocenters. The number of nitrogens with one attached hydrogen (secondary N) is 1. The van der Waals surface area contributed by atoms with E-state index in [0.717, 1.165) is 32.4 Å². The Morgan fingerprint density at radius 2 is 2.00 bits per heavy atom. The van der Waals surface area contributed by atoms with Crippen LogP contribution in [-0.2, 0) is 0 Å². The topological polar surface area (TPSA) is 78.3 Å². The van der Waals surface area contributed by atoms with Crippen LogP contribution in [0.4, 0.5) is 0 Å². The molecule has 2 aliphatic rings. The molecule has 3 rings (SSSR count). The maximum atomic E-state index is 11.9. The quantitative estimate of drug-likeness (QED) is 0.768. The third kappa shape index (κ3) is 2.00. The molecule has 104 valence electrons. The second kappa shape index (κ2) is 4.52. The van der Waals surface area contributed by atoms with E-state index in [2.05, 4.69) is 9.88 Å². The highest BCUT2D eigenvalue weighted by molar-refractivity contribution is 5.21. The molecule has 0 bridgehead atoms. The van der Waals surface area contributed by atoms with Gasteiger partial charge in [-0.05, 0) is 39.2 Å². The highest BCUT2D eigenvalue weighted by atomic mass is 16.3. The lowest BCUT2D eigenvalue weighted by Gasteiger charge is -2.35. The zero-order valence-corrected chi connectivity index (χ0v) is 11.1. The minimum Gasteiger partial charge on any atom is -0.494 e. The average Bonchev–Trinajstić information content (AvgIpc) is 2.83. The van der Waals surface area contributed by atoms with Crippen molar-refractivity contribution in [2.45, 2.75) is 44.7 Å². The Labute approximate surface area is 110 Å². The number of aromatic hydroxyl groups is 1. The van der Waals surface area contributed by atoms with Crippen molar-refractivity contribution in [3.8, 4) is 5.88 Å². The molecule has 6 nitrogen and oxygen atoms in total. The number of aromatic amines is 1. The fourth-order valence-corrected chi connectivity index (χ4v) is 3.41. The highest BCUT2D eigenvalue weighted by Gasteiger charge is 2.33. The number of nitrogens with zero attached hydrogens (tertiary/aromatic N) is 2. The van der Waals surface area contributed by atoms with Crippen molar-refractivity contribution in [2.75, 3.05) is 13.1 Å². The van der Waals surface area contributed by atoms with Gasteiger partial charge in [-0.15, -0.1) is 0 Å². The van der Waals surface area contributed by atoms with Crippen molar-refractivity contribution in [1.29, 1.82) is 0 Å². The normalized spacial score (nSPS) is 27.4. The minimum atomic E-state index is -0.503. The summed E-state index contributed by atoms with van der Waals surface area (Å²) in [6.07, 6.45) is 4.09. The molecule has 0 spiro atoms. The molecule has 0 saturated carbocycles. The van der Waals surface area contributed by atoms with E-state index in [4.69, 9.17) is 0 Å². The van der Waals surface area contributed by atoms with Crippen LogP contribution in [0.25, 0.3) is 0 Å². The first-order valence-electron chi connectivity index (χ1n) is 6.86. The van der Waals surface area contributed by atoms with Crippen LogP contribution in [0.2, 0.25) is 0 Å². The molecule has 6 heteroatoms. The van der Waals surface area contributed by atoms with E-state index in [1.807, 2.05) is 0 Å². The van der Waals surface area contributed by atoms with E-state index in [9.17, 15) is 14.7 Å². The lowest BCUT2D eigenvalue weighted by atomic mass is 9.97. The first-order chi connectivity index (χ1) is 9.08. The monoisotopic (exact) mass is 265 g/mol. The number of piperidine rings is 1. The summed E-state index contributed by atoms with van der Waals surface area (Å²) in [6.45, 7) is 3.64. The number of hydrogen-bond acceptors (Lipinski definition) is 4. The molecular weight excluding hydrogens is 246 g/mol. The van der Waals surface area contributed by atoms with Gasteiger partial charge < -0.3 is 10.0 Å². The van der Waals surface area contributed by atoms with Gasteiger partial charge in [-0.1, -0.05) is 0 Å². The third-order valence-electron chi connectivity index (χ3n) is 4.50. The van der Waals surface area contributed by atoms with Crippen molar-refractivity contribution in [2.24, 2.45) is 0 Å². The number of fused-ring (bicyclic) bond motifs is 1. The van der Waals surface area contributed by atoms with E-state index in [1.165, 1.54) is 17.9 Å². The first kappa shape index (κ1) is 12.5. The second-order valence-corrected chi connectivity index (χ2v) is 5.59. The van der Waals surface area contributed by atoms with Crippen LogP contribution in [0.3, 0.4) is 0 Å². The van der Waals surface area contributed by atoms with Crippen LogP contribution < -0.4 is 11.2 Å². The molecule has 1 aromatic rings. The smallest absolute Gasteiger partial charge is 0.331 e. The van der Waals surface area contributed by atoms with Crippen LogP contribution >= 0.6 is 0 Å². The van der Waals surface area contributed by atoms with Crippen molar-refractivity contribution in [3.63, 3.8) is 0 Å². The molecule has 1 aromatic heterocycles. The molecule has 2 N–H and O–H groups in total. The summed E-state index contributed by atoms with van der Waals surface area (Å²) in [5.41, 5.74) is -0.782. The summed E-state index contributed by atoms with van der Waals surface area (Å²) in [6, 6.07) is 0.500. The Kier molecular flexibility index (Phi) is 2.97. The van der Waals surface area contributed by atoms with Gasteiger partial charge in [0.05, 0.1) is 5.56 Å². The summed E-state index contributed by atoms with van der Waals surface area (Å²) < 4.78 is 1.37. The summed E-state index contributed by atoms with van der Waals surface area (Å²) in [5.74, 6) is -0.176. The van der Waals surface area contributed by atoms with Crippen molar-refractivity contribution in [3.05, 3.63) is 26.4 Å². The summed E-state index contributed by atoms with van der Waals surface area (Å²) in [4.78, 5) is 28.1. The zero-order chi connectivity index (χ0) is 13.6. The largest absolute Gasteiger partial charge is 0.494 e. The van der Waals surface area contributed by atoms with Gasteiger partial charge in [0.25, 0.3) is 5.56 Å². The van der Waals surface area contributed by atoms with Gasteiger partial charge in [-0.25, -0.2) is 4.79 Å². The molecule has 0 aliphatic carbocycles. The Morgan fingerprint density at radius 1 is 1.21 bits per heavy atom.